The highest BCUT2D eigenvalue weighted by Crippen LogP contribution is 2.28. The minimum Gasteiger partial charge on any atom is -0.309 e. The molecule has 5 nitrogen and oxygen atoms in total. The van der Waals surface area contributed by atoms with Gasteiger partial charge in [-0.15, -0.1) is 11.3 Å². The standard InChI is InChI=1S/C10H14N2O3S/c1-7-8(12(14)15)6-10(16-7)9(13)4-5-11(2)3/h6H,4-5H2,1-3H3. The van der Waals surface area contributed by atoms with E-state index in [1.807, 2.05) is 19.0 Å². The molecule has 0 saturated carbocycles. The number of carbonyl (C=O) groups is 1. The first-order chi connectivity index (χ1) is 7.41. The molecule has 6 heteroatoms. The zero-order valence-electron chi connectivity index (χ0n) is 9.52. The lowest BCUT2D eigenvalue weighted by Crippen LogP contribution is -2.16. The van der Waals surface area contributed by atoms with Crippen molar-refractivity contribution in [2.75, 3.05) is 20.6 Å². The highest BCUT2D eigenvalue weighted by molar-refractivity contribution is 7.14. The topological polar surface area (TPSA) is 63.5 Å². The maximum atomic E-state index is 11.7. The zero-order chi connectivity index (χ0) is 12.3. The van der Waals surface area contributed by atoms with Gasteiger partial charge in [-0.25, -0.2) is 0 Å². The number of rotatable bonds is 5. The molecule has 0 radical (unpaired) electrons. The molecule has 1 aromatic rings. The summed E-state index contributed by atoms with van der Waals surface area (Å²) in [6.45, 7) is 2.31. The fourth-order valence-corrected chi connectivity index (χ4v) is 2.19. The van der Waals surface area contributed by atoms with Crippen LogP contribution in [0.15, 0.2) is 6.07 Å². The van der Waals surface area contributed by atoms with Gasteiger partial charge in [0.1, 0.15) is 0 Å². The molecule has 0 saturated heterocycles. The normalized spacial score (nSPS) is 10.8. The Morgan fingerprint density at radius 1 is 1.56 bits per heavy atom. The Bertz CT molecular complexity index is 412. The van der Waals surface area contributed by atoms with E-state index in [-0.39, 0.29) is 11.5 Å². The fraction of sp³-hybridized carbons (Fsp3) is 0.500. The summed E-state index contributed by atoms with van der Waals surface area (Å²) in [7, 11) is 3.77. The predicted molar refractivity (Wildman–Crippen MR) is 63.2 cm³/mol. The van der Waals surface area contributed by atoms with Gasteiger partial charge >= 0.3 is 0 Å². The van der Waals surface area contributed by atoms with Crippen molar-refractivity contribution in [1.82, 2.24) is 4.90 Å². The van der Waals surface area contributed by atoms with Crippen LogP contribution in [0.1, 0.15) is 21.0 Å². The van der Waals surface area contributed by atoms with Gasteiger partial charge in [0.2, 0.25) is 0 Å². The quantitative estimate of drug-likeness (QED) is 0.450. The van der Waals surface area contributed by atoms with E-state index in [9.17, 15) is 14.9 Å². The lowest BCUT2D eigenvalue weighted by atomic mass is 10.2. The van der Waals surface area contributed by atoms with Gasteiger partial charge in [0.25, 0.3) is 5.69 Å². The van der Waals surface area contributed by atoms with Crippen molar-refractivity contribution in [1.29, 1.82) is 0 Å². The average molecular weight is 242 g/mol. The molecular formula is C10H14N2O3S. The van der Waals surface area contributed by atoms with E-state index in [2.05, 4.69) is 0 Å². The molecule has 0 aliphatic heterocycles. The molecule has 0 aliphatic rings. The molecule has 1 heterocycles. The van der Waals surface area contributed by atoms with E-state index in [0.29, 0.717) is 22.7 Å². The second-order valence-corrected chi connectivity index (χ2v) is 5.04. The summed E-state index contributed by atoms with van der Waals surface area (Å²) in [6.07, 6.45) is 0.393. The highest BCUT2D eigenvalue weighted by Gasteiger charge is 2.19. The van der Waals surface area contributed by atoms with Crippen molar-refractivity contribution < 1.29 is 9.72 Å². The van der Waals surface area contributed by atoms with Crippen molar-refractivity contribution in [3.63, 3.8) is 0 Å². The fourth-order valence-electron chi connectivity index (χ4n) is 1.24. The summed E-state index contributed by atoms with van der Waals surface area (Å²) in [4.78, 5) is 24.8. The SMILES string of the molecule is Cc1sc(C(=O)CCN(C)C)cc1[N+](=O)[O-]. The van der Waals surface area contributed by atoms with Crippen molar-refractivity contribution >= 4 is 22.8 Å². The van der Waals surface area contributed by atoms with E-state index in [1.54, 1.807) is 6.92 Å². The van der Waals surface area contributed by atoms with E-state index in [4.69, 9.17) is 0 Å². The van der Waals surface area contributed by atoms with Crippen LogP contribution in [-0.2, 0) is 0 Å². The van der Waals surface area contributed by atoms with Crippen LogP contribution in [0.4, 0.5) is 5.69 Å². The van der Waals surface area contributed by atoms with Crippen molar-refractivity contribution in [3.05, 3.63) is 25.9 Å². The first-order valence-corrected chi connectivity index (χ1v) is 5.66. The smallest absolute Gasteiger partial charge is 0.283 e. The third kappa shape index (κ3) is 3.11. The lowest BCUT2D eigenvalue weighted by molar-refractivity contribution is -0.385. The number of nitro groups is 1. The molecule has 88 valence electrons. The molecule has 0 N–H and O–H groups in total. The molecule has 0 aliphatic carbocycles. The molecule has 0 unspecified atom stereocenters. The Morgan fingerprint density at radius 2 is 2.19 bits per heavy atom. The second kappa shape index (κ2) is 5.18. The van der Waals surface area contributed by atoms with Gasteiger partial charge in [-0.3, -0.25) is 14.9 Å². The van der Waals surface area contributed by atoms with E-state index in [1.165, 1.54) is 17.4 Å². The Hall–Kier alpha value is -1.27. The number of aryl methyl sites for hydroxylation is 1. The average Bonchev–Trinajstić information content (AvgIpc) is 2.56. The molecule has 0 amide bonds. The van der Waals surface area contributed by atoms with E-state index in [0.717, 1.165) is 0 Å². The molecule has 1 rings (SSSR count). The largest absolute Gasteiger partial charge is 0.309 e. The van der Waals surface area contributed by atoms with Gasteiger partial charge in [-0.1, -0.05) is 0 Å². The van der Waals surface area contributed by atoms with Crippen LogP contribution < -0.4 is 0 Å². The summed E-state index contributed by atoms with van der Waals surface area (Å²) in [6, 6.07) is 1.37. The maximum Gasteiger partial charge on any atom is 0.283 e. The first-order valence-electron chi connectivity index (χ1n) is 4.84. The maximum absolute atomic E-state index is 11.7. The molecule has 0 atom stereocenters. The van der Waals surface area contributed by atoms with Gasteiger partial charge in [-0.05, 0) is 21.0 Å². The van der Waals surface area contributed by atoms with Crippen molar-refractivity contribution in [3.8, 4) is 0 Å². The Balaban J connectivity index is 2.77. The predicted octanol–water partition coefficient (Wildman–Crippen LogP) is 2.10. The van der Waals surface area contributed by atoms with Crippen LogP contribution in [0.5, 0.6) is 0 Å². The number of hydrogen-bond donors (Lipinski definition) is 0. The minimum atomic E-state index is -0.450. The van der Waals surface area contributed by atoms with Crippen LogP contribution in [0.25, 0.3) is 0 Å². The van der Waals surface area contributed by atoms with Crippen LogP contribution >= 0.6 is 11.3 Å². The van der Waals surface area contributed by atoms with Gasteiger partial charge in [-0.2, -0.15) is 0 Å². The summed E-state index contributed by atoms with van der Waals surface area (Å²) in [5, 5.41) is 10.6. The van der Waals surface area contributed by atoms with Crippen LogP contribution in [-0.4, -0.2) is 36.2 Å². The third-order valence-corrected chi connectivity index (χ3v) is 3.23. The van der Waals surface area contributed by atoms with Gasteiger partial charge in [0.15, 0.2) is 5.78 Å². The van der Waals surface area contributed by atoms with Crippen LogP contribution in [0.2, 0.25) is 0 Å². The number of hydrogen-bond acceptors (Lipinski definition) is 5. The van der Waals surface area contributed by atoms with E-state index < -0.39 is 4.92 Å². The molecule has 0 aromatic carbocycles. The number of carbonyl (C=O) groups excluding carboxylic acids is 1. The Kier molecular flexibility index (Phi) is 4.14. The van der Waals surface area contributed by atoms with Crippen molar-refractivity contribution in [2.24, 2.45) is 0 Å². The summed E-state index contributed by atoms with van der Waals surface area (Å²) < 4.78 is 0. The first kappa shape index (κ1) is 12.8. The summed E-state index contributed by atoms with van der Waals surface area (Å²) in [5.41, 5.74) is 0.0400. The molecule has 0 bridgehead atoms. The zero-order valence-corrected chi connectivity index (χ0v) is 10.3. The number of nitrogens with zero attached hydrogens (tertiary/aromatic N) is 2. The van der Waals surface area contributed by atoms with Crippen LogP contribution in [0.3, 0.4) is 0 Å². The molecule has 16 heavy (non-hydrogen) atoms. The van der Waals surface area contributed by atoms with Gasteiger partial charge in [0.05, 0.1) is 14.7 Å². The number of thiophene rings is 1. The van der Waals surface area contributed by atoms with E-state index >= 15 is 0 Å². The third-order valence-electron chi connectivity index (χ3n) is 2.15. The Morgan fingerprint density at radius 3 is 2.62 bits per heavy atom. The highest BCUT2D eigenvalue weighted by atomic mass is 32.1. The second-order valence-electron chi connectivity index (χ2n) is 3.79. The molecule has 0 spiro atoms. The monoisotopic (exact) mass is 242 g/mol. The summed E-state index contributed by atoms with van der Waals surface area (Å²) >= 11 is 1.19. The van der Waals surface area contributed by atoms with Crippen molar-refractivity contribution in [2.45, 2.75) is 13.3 Å². The Labute approximate surface area is 97.8 Å². The van der Waals surface area contributed by atoms with Gasteiger partial charge in [0, 0.05) is 19.0 Å². The van der Waals surface area contributed by atoms with Gasteiger partial charge < -0.3 is 4.90 Å². The molecule has 1 aromatic heterocycles. The summed E-state index contributed by atoms with van der Waals surface area (Å²) in [5.74, 6) is -0.0325. The number of Topliss-reactive ketones (excluding diaryl/α,β-unsaturated/α-hetero) is 1. The number of ketones is 1. The molecular weight excluding hydrogens is 228 g/mol. The minimum absolute atomic E-state index is 0.0325. The van der Waals surface area contributed by atoms with Crippen LogP contribution in [0, 0.1) is 17.0 Å². The molecule has 0 fully saturated rings. The lowest BCUT2D eigenvalue weighted by Gasteiger charge is -2.06.